The summed E-state index contributed by atoms with van der Waals surface area (Å²) in [6.07, 6.45) is 8.53. The number of ketones is 1. The number of hydrogen-bond acceptors (Lipinski definition) is 1. The van der Waals surface area contributed by atoms with Gasteiger partial charge in [-0.2, -0.15) is 0 Å². The maximum atomic E-state index is 14.0. The van der Waals surface area contributed by atoms with E-state index in [1.165, 1.54) is 13.0 Å². The molecule has 0 fully saturated rings. The summed E-state index contributed by atoms with van der Waals surface area (Å²) < 4.78 is 14.0. The van der Waals surface area contributed by atoms with Gasteiger partial charge in [-0.15, -0.1) is 0 Å². The summed E-state index contributed by atoms with van der Waals surface area (Å²) in [7, 11) is 0. The molecule has 0 saturated carbocycles. The Hall–Kier alpha value is -2.74. The lowest BCUT2D eigenvalue weighted by Gasteiger charge is -2.05. The maximum Gasteiger partial charge on any atom is 0.159 e. The summed E-state index contributed by atoms with van der Waals surface area (Å²) in [6.45, 7) is 25.9. The van der Waals surface area contributed by atoms with Crippen LogP contribution in [0, 0.1) is 0 Å². The van der Waals surface area contributed by atoms with Crippen molar-refractivity contribution in [3.05, 3.63) is 109 Å². The lowest BCUT2D eigenvalue weighted by Crippen LogP contribution is -1.90. The highest BCUT2D eigenvalue weighted by Gasteiger charge is 2.04. The van der Waals surface area contributed by atoms with Crippen LogP contribution in [0.25, 0.3) is 0 Å². The lowest BCUT2D eigenvalue weighted by atomic mass is 10.0. The van der Waals surface area contributed by atoms with Crippen LogP contribution in [0.1, 0.15) is 20.3 Å². The SMILES string of the molecule is C=C(/C=C(/F)C(=C)C(=C)/C=C\C(=C)C(=C)/C=C\C(=C)C(C)=O)CC. The van der Waals surface area contributed by atoms with E-state index in [9.17, 15) is 9.18 Å². The van der Waals surface area contributed by atoms with E-state index in [1.807, 2.05) is 6.92 Å². The van der Waals surface area contributed by atoms with Crippen molar-refractivity contribution in [3.8, 4) is 0 Å². The van der Waals surface area contributed by atoms with Gasteiger partial charge in [0.1, 0.15) is 5.83 Å². The van der Waals surface area contributed by atoms with Gasteiger partial charge < -0.3 is 0 Å². The predicted octanol–water partition coefficient (Wildman–Crippen LogP) is 6.29. The highest BCUT2D eigenvalue weighted by atomic mass is 19.1. The van der Waals surface area contributed by atoms with Gasteiger partial charge in [-0.25, -0.2) is 4.39 Å². The van der Waals surface area contributed by atoms with Gasteiger partial charge in [0.05, 0.1) is 0 Å². The van der Waals surface area contributed by atoms with Crippen LogP contribution in [-0.2, 0) is 4.79 Å². The third-order valence-corrected chi connectivity index (χ3v) is 3.30. The number of halogens is 1. The first-order chi connectivity index (χ1) is 11.1. The lowest BCUT2D eigenvalue weighted by molar-refractivity contribution is -0.113. The Balaban J connectivity index is 4.89. The molecule has 0 N–H and O–H groups in total. The van der Waals surface area contributed by atoms with Gasteiger partial charge in [0, 0.05) is 11.1 Å². The fraction of sp³-hybridized carbons (Fsp3) is 0.136. The number of Topliss-reactive ketones (excluding diaryl/α,β-unsaturated/α-hetero) is 1. The van der Waals surface area contributed by atoms with Gasteiger partial charge in [-0.05, 0) is 36.1 Å². The molecular formula is C22H25FO. The molecule has 0 unspecified atom stereocenters. The third kappa shape index (κ3) is 7.50. The van der Waals surface area contributed by atoms with Crippen LogP contribution in [-0.4, -0.2) is 5.78 Å². The Morgan fingerprint density at radius 1 is 0.833 bits per heavy atom. The smallest absolute Gasteiger partial charge is 0.159 e. The Labute approximate surface area is 145 Å². The van der Waals surface area contributed by atoms with Crippen molar-refractivity contribution in [2.45, 2.75) is 20.3 Å². The van der Waals surface area contributed by atoms with Crippen LogP contribution in [0.5, 0.6) is 0 Å². The molecule has 1 nitrogen and oxygen atoms in total. The Morgan fingerprint density at radius 3 is 1.67 bits per heavy atom. The minimum Gasteiger partial charge on any atom is -0.295 e. The molecule has 126 valence electrons. The molecule has 0 aromatic carbocycles. The summed E-state index contributed by atoms with van der Waals surface area (Å²) in [5, 5.41) is 0. The molecule has 0 saturated heterocycles. The van der Waals surface area contributed by atoms with Crippen molar-refractivity contribution < 1.29 is 9.18 Å². The zero-order valence-corrected chi connectivity index (χ0v) is 14.6. The second-order valence-electron chi connectivity index (χ2n) is 5.31. The van der Waals surface area contributed by atoms with Crippen LogP contribution in [0.3, 0.4) is 0 Å². The van der Waals surface area contributed by atoms with E-state index in [4.69, 9.17) is 0 Å². The molecule has 0 aliphatic heterocycles. The van der Waals surface area contributed by atoms with E-state index in [1.54, 1.807) is 24.3 Å². The minimum absolute atomic E-state index is 0.110. The molecule has 0 aromatic rings. The molecule has 0 aliphatic rings. The summed E-state index contributed by atoms with van der Waals surface area (Å²) >= 11 is 0. The highest BCUT2D eigenvalue weighted by Crippen LogP contribution is 2.21. The van der Waals surface area contributed by atoms with Crippen molar-refractivity contribution >= 4 is 5.78 Å². The molecule has 2 heteroatoms. The monoisotopic (exact) mass is 324 g/mol. The Kier molecular flexibility index (Phi) is 8.96. The molecular weight excluding hydrogens is 299 g/mol. The fourth-order valence-corrected chi connectivity index (χ4v) is 1.36. The molecule has 0 rings (SSSR count). The number of carbonyl (C=O) groups excluding carboxylic acids is 1. The van der Waals surface area contributed by atoms with Crippen molar-refractivity contribution in [2.24, 2.45) is 0 Å². The highest BCUT2D eigenvalue weighted by molar-refractivity contribution is 5.95. The molecule has 0 bridgehead atoms. The normalized spacial score (nSPS) is 11.5. The predicted molar refractivity (Wildman–Crippen MR) is 103 cm³/mol. The summed E-state index contributed by atoms with van der Waals surface area (Å²) in [6, 6.07) is 0. The first-order valence-electron chi connectivity index (χ1n) is 7.47. The second-order valence-corrected chi connectivity index (χ2v) is 5.31. The zero-order valence-electron chi connectivity index (χ0n) is 14.6. The largest absolute Gasteiger partial charge is 0.295 e. The molecule has 0 spiro atoms. The first kappa shape index (κ1) is 21.3. The second kappa shape index (κ2) is 10.1. The van der Waals surface area contributed by atoms with E-state index < -0.39 is 5.83 Å². The number of carbonyl (C=O) groups is 1. The molecule has 0 aromatic heterocycles. The molecule has 0 aliphatic carbocycles. The standard InChI is InChI=1S/C22H25FO/c1-9-15(2)14-22(23)20(7)18(5)12-10-16(3)17(4)11-13-19(6)21(8)24/h10-14H,2-7,9H2,1,8H3/b12-10-,13-11-,22-14+. The van der Waals surface area contributed by atoms with Crippen molar-refractivity contribution in [3.63, 3.8) is 0 Å². The van der Waals surface area contributed by atoms with Crippen LogP contribution in [0.4, 0.5) is 4.39 Å². The van der Waals surface area contributed by atoms with Crippen LogP contribution >= 0.6 is 0 Å². The first-order valence-corrected chi connectivity index (χ1v) is 7.47. The molecule has 0 amide bonds. The number of allylic oxidation sites excluding steroid dienone is 12. The maximum absolute atomic E-state index is 14.0. The van der Waals surface area contributed by atoms with Gasteiger partial charge in [0.2, 0.25) is 0 Å². The van der Waals surface area contributed by atoms with Crippen molar-refractivity contribution in [2.75, 3.05) is 0 Å². The summed E-state index contributed by atoms with van der Waals surface area (Å²) in [4.78, 5) is 11.1. The minimum atomic E-state index is -0.460. The van der Waals surface area contributed by atoms with Gasteiger partial charge in [0.15, 0.2) is 5.78 Å². The topological polar surface area (TPSA) is 17.1 Å². The van der Waals surface area contributed by atoms with E-state index in [0.717, 1.165) is 0 Å². The average Bonchev–Trinajstić information content (AvgIpc) is 2.55. The Bertz CT molecular complexity index is 693. The van der Waals surface area contributed by atoms with E-state index >= 15 is 0 Å². The fourth-order valence-electron chi connectivity index (χ4n) is 1.36. The van der Waals surface area contributed by atoms with Gasteiger partial charge in [0.25, 0.3) is 0 Å². The third-order valence-electron chi connectivity index (χ3n) is 3.30. The number of rotatable bonds is 10. The zero-order chi connectivity index (χ0) is 18.9. The van der Waals surface area contributed by atoms with Gasteiger partial charge in [-0.3, -0.25) is 4.79 Å². The van der Waals surface area contributed by atoms with Crippen LogP contribution in [0.15, 0.2) is 109 Å². The molecule has 0 heterocycles. The summed E-state index contributed by atoms with van der Waals surface area (Å²) in [5.41, 5.74) is 2.91. The number of hydrogen-bond donors (Lipinski definition) is 0. The van der Waals surface area contributed by atoms with Crippen molar-refractivity contribution in [1.29, 1.82) is 0 Å². The molecule has 0 radical (unpaired) electrons. The quantitative estimate of drug-likeness (QED) is 0.341. The van der Waals surface area contributed by atoms with E-state index in [0.29, 0.717) is 34.3 Å². The molecule has 0 atom stereocenters. The van der Waals surface area contributed by atoms with E-state index in [2.05, 4.69) is 39.5 Å². The van der Waals surface area contributed by atoms with Gasteiger partial charge >= 0.3 is 0 Å². The van der Waals surface area contributed by atoms with Gasteiger partial charge in [-0.1, -0.05) is 76.3 Å². The van der Waals surface area contributed by atoms with Crippen LogP contribution in [0.2, 0.25) is 0 Å². The van der Waals surface area contributed by atoms with Crippen LogP contribution < -0.4 is 0 Å². The van der Waals surface area contributed by atoms with E-state index in [-0.39, 0.29) is 11.4 Å². The Morgan fingerprint density at radius 2 is 1.25 bits per heavy atom. The van der Waals surface area contributed by atoms with Crippen molar-refractivity contribution in [1.82, 2.24) is 0 Å². The molecule has 24 heavy (non-hydrogen) atoms. The summed E-state index contributed by atoms with van der Waals surface area (Å²) in [5.74, 6) is -0.570. The average molecular weight is 324 g/mol.